The van der Waals surface area contributed by atoms with Crippen molar-refractivity contribution in [2.75, 3.05) is 0 Å². The highest BCUT2D eigenvalue weighted by molar-refractivity contribution is 7.96. The molecule has 2 heteroatoms. The molecular formula is C29H33OP. The van der Waals surface area contributed by atoms with E-state index in [-0.39, 0.29) is 5.92 Å². The fraction of sp³-hybridized carbons (Fsp3) is 0.310. The zero-order chi connectivity index (χ0) is 21.5. The summed E-state index contributed by atoms with van der Waals surface area (Å²) in [6.07, 6.45) is 7.58. The second-order valence-electron chi connectivity index (χ2n) is 8.57. The van der Waals surface area contributed by atoms with Gasteiger partial charge in [-0.1, -0.05) is 124 Å². The topological polar surface area (TPSA) is 17.1 Å². The van der Waals surface area contributed by atoms with Crippen molar-refractivity contribution in [1.29, 1.82) is 0 Å². The molecule has 0 radical (unpaired) electrons. The van der Waals surface area contributed by atoms with Gasteiger partial charge < -0.3 is 0 Å². The predicted octanol–water partition coefficient (Wildman–Crippen LogP) is 6.10. The lowest BCUT2D eigenvalue weighted by Gasteiger charge is -2.34. The van der Waals surface area contributed by atoms with Crippen molar-refractivity contribution in [2.24, 2.45) is 5.92 Å². The van der Waals surface area contributed by atoms with Gasteiger partial charge in [0.25, 0.3) is 0 Å². The van der Waals surface area contributed by atoms with E-state index in [4.69, 9.17) is 0 Å². The predicted molar refractivity (Wildman–Crippen MR) is 137 cm³/mol. The van der Waals surface area contributed by atoms with Crippen LogP contribution in [-0.2, 0) is 4.79 Å². The third kappa shape index (κ3) is 4.35. The largest absolute Gasteiger partial charge is 0.294 e. The molecule has 0 heterocycles. The maximum atomic E-state index is 14.2. The van der Waals surface area contributed by atoms with Gasteiger partial charge in [0.15, 0.2) is 5.78 Å². The Kier molecular flexibility index (Phi) is 7.25. The minimum Gasteiger partial charge on any atom is -0.294 e. The molecule has 1 aliphatic carbocycles. The number of carbonyl (C=O) groups excluding carboxylic acids is 1. The van der Waals surface area contributed by atoms with Crippen molar-refractivity contribution in [1.82, 2.24) is 0 Å². The van der Waals surface area contributed by atoms with Crippen LogP contribution < -0.4 is 15.9 Å². The lowest BCUT2D eigenvalue weighted by atomic mass is 9.84. The van der Waals surface area contributed by atoms with Gasteiger partial charge in [-0.25, -0.2) is 0 Å². The molecule has 0 atom stereocenters. The van der Waals surface area contributed by atoms with Crippen LogP contribution in [0.15, 0.2) is 91.0 Å². The van der Waals surface area contributed by atoms with Gasteiger partial charge in [0, 0.05) is 11.2 Å². The highest BCUT2D eigenvalue weighted by Gasteiger charge is 2.35. The maximum Gasteiger partial charge on any atom is 0.162 e. The van der Waals surface area contributed by atoms with Gasteiger partial charge in [0.05, 0.1) is 0 Å². The second-order valence-corrected chi connectivity index (χ2v) is 12.0. The summed E-state index contributed by atoms with van der Waals surface area (Å²) in [5.41, 5.74) is 0. The van der Waals surface area contributed by atoms with Crippen molar-refractivity contribution >= 4 is 33.9 Å². The lowest BCUT2D eigenvalue weighted by Crippen LogP contribution is -2.36. The number of rotatable bonds is 7. The third-order valence-electron chi connectivity index (χ3n) is 6.58. The van der Waals surface area contributed by atoms with Crippen LogP contribution in [0, 0.1) is 5.92 Å². The monoisotopic (exact) mass is 428 g/mol. The first-order chi connectivity index (χ1) is 15.3. The average Bonchev–Trinajstić information content (AvgIpc) is 2.86. The molecule has 31 heavy (non-hydrogen) atoms. The SMILES string of the molecule is CCCC(C(=O)C1CCCCC1)=P(c1ccccc1)(c1ccccc1)c1ccccc1. The van der Waals surface area contributed by atoms with E-state index in [0.29, 0.717) is 5.78 Å². The molecule has 3 aromatic carbocycles. The number of hydrogen-bond acceptors (Lipinski definition) is 1. The first kappa shape index (κ1) is 21.8. The van der Waals surface area contributed by atoms with Crippen LogP contribution in [0.1, 0.15) is 51.9 Å². The van der Waals surface area contributed by atoms with E-state index in [0.717, 1.165) is 25.7 Å². The molecule has 0 N–H and O–H groups in total. The fourth-order valence-corrected chi connectivity index (χ4v) is 9.92. The fourth-order valence-electron chi connectivity index (χ4n) is 5.16. The Morgan fingerprint density at radius 3 is 1.52 bits per heavy atom. The van der Waals surface area contributed by atoms with Gasteiger partial charge in [-0.05, 0) is 42.1 Å². The number of Topliss-reactive ketones (excluding diaryl/α,β-unsaturated/α-hetero) is 1. The smallest absolute Gasteiger partial charge is 0.162 e. The zero-order valence-electron chi connectivity index (χ0n) is 18.5. The first-order valence-corrected chi connectivity index (χ1v) is 13.5. The Hall–Kier alpha value is -2.37. The number of hydrogen-bond donors (Lipinski definition) is 0. The molecule has 0 aromatic heterocycles. The molecule has 1 saturated carbocycles. The number of benzene rings is 3. The Bertz CT molecular complexity index is 928. The van der Waals surface area contributed by atoms with Crippen molar-refractivity contribution in [3.8, 4) is 0 Å². The maximum absolute atomic E-state index is 14.2. The molecule has 1 aliphatic rings. The minimum absolute atomic E-state index is 0.186. The zero-order valence-corrected chi connectivity index (χ0v) is 19.4. The third-order valence-corrected chi connectivity index (χ3v) is 11.1. The Morgan fingerprint density at radius 1 is 0.710 bits per heavy atom. The van der Waals surface area contributed by atoms with Crippen LogP contribution in [0.2, 0.25) is 0 Å². The van der Waals surface area contributed by atoms with E-state index < -0.39 is 6.89 Å². The van der Waals surface area contributed by atoms with E-state index in [1.54, 1.807) is 0 Å². The summed E-state index contributed by atoms with van der Waals surface area (Å²) in [4.78, 5) is 14.2. The first-order valence-electron chi connectivity index (χ1n) is 11.7. The summed E-state index contributed by atoms with van der Waals surface area (Å²) in [6.45, 7) is -0.0235. The number of carbonyl (C=O) groups is 1. The second kappa shape index (κ2) is 10.3. The van der Waals surface area contributed by atoms with Crippen LogP contribution in [0.25, 0.3) is 0 Å². The highest BCUT2D eigenvalue weighted by Crippen LogP contribution is 2.48. The standard InChI is InChI=1S/C29H33OP/c1-2-15-28(29(30)24-16-7-3-8-17-24)31(25-18-9-4-10-19-25,26-20-11-5-12-21-26)27-22-13-6-14-23-27/h4-6,9-14,18-24H,2-3,7-8,15-17H2,1H3. The van der Waals surface area contributed by atoms with Crippen LogP contribution in [-0.4, -0.2) is 11.1 Å². The van der Waals surface area contributed by atoms with Crippen molar-refractivity contribution in [2.45, 2.75) is 51.9 Å². The summed E-state index contributed by atoms with van der Waals surface area (Å²) in [5, 5.41) is 5.05. The summed E-state index contributed by atoms with van der Waals surface area (Å²) in [6, 6.07) is 32.5. The quantitative estimate of drug-likeness (QED) is 0.416. The van der Waals surface area contributed by atoms with Gasteiger partial charge in [-0.3, -0.25) is 4.79 Å². The van der Waals surface area contributed by atoms with E-state index in [1.165, 1.54) is 40.5 Å². The lowest BCUT2D eigenvalue weighted by molar-refractivity contribution is -0.117. The molecule has 1 fully saturated rings. The van der Waals surface area contributed by atoms with Crippen molar-refractivity contribution < 1.29 is 4.79 Å². The molecule has 4 rings (SSSR count). The van der Waals surface area contributed by atoms with Crippen LogP contribution in [0.4, 0.5) is 0 Å². The summed E-state index contributed by atoms with van der Waals surface area (Å²) >= 11 is 0. The van der Waals surface area contributed by atoms with Gasteiger partial charge in [0.1, 0.15) is 0 Å². The molecule has 0 aliphatic heterocycles. The summed E-state index contributed by atoms with van der Waals surface area (Å²) < 4.78 is 0. The Morgan fingerprint density at radius 2 is 1.13 bits per heavy atom. The Balaban J connectivity index is 2.12. The van der Waals surface area contributed by atoms with E-state index >= 15 is 0 Å². The molecule has 0 bridgehead atoms. The van der Waals surface area contributed by atoms with Gasteiger partial charge in [0.2, 0.25) is 0 Å². The van der Waals surface area contributed by atoms with Crippen molar-refractivity contribution in [3.63, 3.8) is 0 Å². The van der Waals surface area contributed by atoms with Gasteiger partial charge in [-0.15, -0.1) is 0 Å². The van der Waals surface area contributed by atoms with Crippen LogP contribution in [0.3, 0.4) is 0 Å². The molecular weight excluding hydrogens is 395 g/mol. The van der Waals surface area contributed by atoms with E-state index in [1.807, 2.05) is 0 Å². The molecule has 0 unspecified atom stereocenters. The molecule has 3 aromatic rings. The summed E-state index contributed by atoms with van der Waals surface area (Å²) in [5.74, 6) is 0.622. The Labute approximate surface area is 187 Å². The molecule has 160 valence electrons. The minimum atomic E-state index is -2.24. The average molecular weight is 429 g/mol. The molecule has 0 amide bonds. The van der Waals surface area contributed by atoms with Crippen molar-refractivity contribution in [3.05, 3.63) is 91.0 Å². The number of ketones is 1. The van der Waals surface area contributed by atoms with E-state index in [9.17, 15) is 4.79 Å². The molecule has 0 spiro atoms. The van der Waals surface area contributed by atoms with Gasteiger partial charge >= 0.3 is 0 Å². The van der Waals surface area contributed by atoms with Crippen LogP contribution >= 0.6 is 6.89 Å². The van der Waals surface area contributed by atoms with Gasteiger partial charge in [-0.2, -0.15) is 0 Å². The normalized spacial score (nSPS) is 14.9. The van der Waals surface area contributed by atoms with E-state index in [2.05, 4.69) is 97.9 Å². The van der Waals surface area contributed by atoms with Crippen LogP contribution in [0.5, 0.6) is 0 Å². The molecule has 1 nitrogen and oxygen atoms in total. The summed E-state index contributed by atoms with van der Waals surface area (Å²) in [7, 11) is 0. The molecule has 0 saturated heterocycles. The highest BCUT2D eigenvalue weighted by atomic mass is 31.2.